The summed E-state index contributed by atoms with van der Waals surface area (Å²) in [6, 6.07) is 11.6. The van der Waals surface area contributed by atoms with Gasteiger partial charge in [0.2, 0.25) is 0 Å². The van der Waals surface area contributed by atoms with Crippen molar-refractivity contribution >= 4 is 23.6 Å². The lowest BCUT2D eigenvalue weighted by atomic mass is 10.0. The van der Waals surface area contributed by atoms with Crippen molar-refractivity contribution in [3.63, 3.8) is 0 Å². The zero-order valence-corrected chi connectivity index (χ0v) is 16.6. The summed E-state index contributed by atoms with van der Waals surface area (Å²) in [4.78, 5) is 27.1. The van der Waals surface area contributed by atoms with Crippen molar-refractivity contribution in [2.45, 2.75) is 6.92 Å². The lowest BCUT2D eigenvalue weighted by Gasteiger charge is -2.19. The Morgan fingerprint density at radius 1 is 1.03 bits per heavy atom. The number of rotatable bonds is 5. The minimum atomic E-state index is -0.638. The highest BCUT2D eigenvalue weighted by Gasteiger charge is 2.38. The maximum Gasteiger partial charge on any atom is 0.340 e. The number of benzene rings is 2. The van der Waals surface area contributed by atoms with Crippen molar-refractivity contribution in [2.24, 2.45) is 0 Å². The Hall–Kier alpha value is -3.74. The van der Waals surface area contributed by atoms with Crippen molar-refractivity contribution in [1.29, 1.82) is 0 Å². The molecule has 0 atom stereocenters. The highest BCUT2D eigenvalue weighted by Crippen LogP contribution is 2.39. The van der Waals surface area contributed by atoms with Gasteiger partial charge in [-0.25, -0.2) is 4.79 Å². The normalized spacial score (nSPS) is 15.1. The molecule has 1 N–H and O–H groups in total. The first-order valence-electron chi connectivity index (χ1n) is 8.78. The van der Waals surface area contributed by atoms with Crippen LogP contribution < -0.4 is 14.4 Å². The van der Waals surface area contributed by atoms with Crippen molar-refractivity contribution in [2.75, 3.05) is 26.2 Å². The lowest BCUT2D eigenvalue weighted by molar-refractivity contribution is -0.136. The van der Waals surface area contributed by atoms with E-state index in [0.717, 1.165) is 0 Å². The Balaban J connectivity index is 2.16. The molecule has 0 radical (unpaired) electrons. The third-order valence-electron chi connectivity index (χ3n) is 4.65. The van der Waals surface area contributed by atoms with E-state index >= 15 is 0 Å². The molecule has 0 aliphatic carbocycles. The smallest absolute Gasteiger partial charge is 0.340 e. The first-order chi connectivity index (χ1) is 13.9. The van der Waals surface area contributed by atoms with Crippen LogP contribution in [-0.2, 0) is 14.3 Å². The summed E-state index contributed by atoms with van der Waals surface area (Å²) in [5.74, 6) is -0.0934. The molecule has 0 unspecified atom stereocenters. The number of aromatic hydroxyl groups is 1. The monoisotopic (exact) mass is 395 g/mol. The maximum absolute atomic E-state index is 13.3. The second kappa shape index (κ2) is 8.10. The number of amides is 1. The summed E-state index contributed by atoms with van der Waals surface area (Å²) < 4.78 is 15.5. The quantitative estimate of drug-likeness (QED) is 0.618. The number of hydrogen-bond acceptors (Lipinski definition) is 6. The zero-order valence-electron chi connectivity index (χ0n) is 16.6. The molecule has 1 amide bonds. The topological polar surface area (TPSA) is 85.3 Å². The molecule has 0 bridgehead atoms. The van der Waals surface area contributed by atoms with Crippen molar-refractivity contribution < 1.29 is 28.9 Å². The number of allylic oxidation sites excluding steroid dienone is 1. The number of hydrogen-bond donors (Lipinski definition) is 1. The number of para-hydroxylation sites is 1. The number of carbonyl (C=O) groups excluding carboxylic acids is 2. The molecule has 0 aromatic heterocycles. The summed E-state index contributed by atoms with van der Waals surface area (Å²) in [5.41, 5.74) is 1.60. The Morgan fingerprint density at radius 2 is 1.72 bits per heavy atom. The van der Waals surface area contributed by atoms with Gasteiger partial charge in [0.05, 0.1) is 38.2 Å². The van der Waals surface area contributed by atoms with Crippen LogP contribution in [0.25, 0.3) is 6.08 Å². The Labute approximate surface area is 168 Å². The average Bonchev–Trinajstić information content (AvgIpc) is 2.98. The van der Waals surface area contributed by atoms with E-state index in [2.05, 4.69) is 0 Å². The molecule has 1 aliphatic rings. The van der Waals surface area contributed by atoms with Gasteiger partial charge < -0.3 is 19.3 Å². The van der Waals surface area contributed by atoms with Crippen LogP contribution in [0.2, 0.25) is 0 Å². The van der Waals surface area contributed by atoms with Gasteiger partial charge >= 0.3 is 5.97 Å². The van der Waals surface area contributed by atoms with Gasteiger partial charge in [0.25, 0.3) is 5.91 Å². The second-order valence-corrected chi connectivity index (χ2v) is 6.25. The van der Waals surface area contributed by atoms with E-state index < -0.39 is 11.9 Å². The highest BCUT2D eigenvalue weighted by molar-refractivity contribution is 6.24. The minimum absolute atomic E-state index is 0.000708. The number of carbonyl (C=O) groups is 2. The molecular formula is C22H21NO6. The molecule has 1 heterocycles. The third kappa shape index (κ3) is 3.54. The Bertz CT molecular complexity index is 1040. The van der Waals surface area contributed by atoms with Crippen LogP contribution in [0.15, 0.2) is 59.3 Å². The molecule has 0 spiro atoms. The number of phenols is 1. The number of esters is 1. The van der Waals surface area contributed by atoms with Gasteiger partial charge in [0, 0.05) is 17.3 Å². The predicted molar refractivity (Wildman–Crippen MR) is 108 cm³/mol. The SMILES string of the molecule is COC(=O)C1=C(C)N(c2ccc(OC)c(OC)c2)C(=O)/C1=C\c1ccccc1O. The van der Waals surface area contributed by atoms with Crippen LogP contribution in [0, 0.1) is 0 Å². The van der Waals surface area contributed by atoms with Crippen molar-refractivity contribution in [1.82, 2.24) is 0 Å². The molecule has 2 aromatic carbocycles. The van der Waals surface area contributed by atoms with Crippen LogP contribution in [0.4, 0.5) is 5.69 Å². The Morgan fingerprint density at radius 3 is 2.34 bits per heavy atom. The van der Waals surface area contributed by atoms with Crippen molar-refractivity contribution in [3.05, 3.63) is 64.9 Å². The summed E-state index contributed by atoms with van der Waals surface area (Å²) in [6.45, 7) is 1.66. The van der Waals surface area contributed by atoms with Crippen LogP contribution in [0.1, 0.15) is 12.5 Å². The van der Waals surface area contributed by atoms with E-state index in [-0.39, 0.29) is 16.9 Å². The molecule has 29 heavy (non-hydrogen) atoms. The van der Waals surface area contributed by atoms with Gasteiger partial charge in [-0.3, -0.25) is 9.69 Å². The number of nitrogens with zero attached hydrogens (tertiary/aromatic N) is 1. The molecule has 1 aliphatic heterocycles. The summed E-state index contributed by atoms with van der Waals surface area (Å²) in [7, 11) is 4.27. The summed E-state index contributed by atoms with van der Waals surface area (Å²) in [6.07, 6.45) is 1.48. The molecule has 0 saturated carbocycles. The van der Waals surface area contributed by atoms with Gasteiger partial charge in [0.1, 0.15) is 5.75 Å². The van der Waals surface area contributed by atoms with E-state index in [0.29, 0.717) is 28.4 Å². The van der Waals surface area contributed by atoms with Gasteiger partial charge in [-0.05, 0) is 31.2 Å². The van der Waals surface area contributed by atoms with Crippen LogP contribution in [0.5, 0.6) is 17.2 Å². The lowest BCUT2D eigenvalue weighted by Crippen LogP contribution is -2.24. The van der Waals surface area contributed by atoms with Crippen molar-refractivity contribution in [3.8, 4) is 17.2 Å². The minimum Gasteiger partial charge on any atom is -0.507 e. The molecule has 2 aromatic rings. The van der Waals surface area contributed by atoms with Crippen LogP contribution >= 0.6 is 0 Å². The molecule has 7 nitrogen and oxygen atoms in total. The molecule has 3 rings (SSSR count). The van der Waals surface area contributed by atoms with Crippen LogP contribution in [-0.4, -0.2) is 38.3 Å². The number of anilines is 1. The largest absolute Gasteiger partial charge is 0.507 e. The molecule has 150 valence electrons. The number of phenolic OH excluding ortho intramolecular Hbond substituents is 1. The van der Waals surface area contributed by atoms with E-state index in [4.69, 9.17) is 14.2 Å². The second-order valence-electron chi connectivity index (χ2n) is 6.25. The zero-order chi connectivity index (χ0) is 21.1. The summed E-state index contributed by atoms with van der Waals surface area (Å²) >= 11 is 0. The molecule has 0 fully saturated rings. The highest BCUT2D eigenvalue weighted by atomic mass is 16.5. The van der Waals surface area contributed by atoms with Gasteiger partial charge in [-0.1, -0.05) is 18.2 Å². The molecule has 7 heteroatoms. The fraction of sp³-hybridized carbons (Fsp3) is 0.182. The Kier molecular flexibility index (Phi) is 5.59. The first-order valence-corrected chi connectivity index (χ1v) is 8.78. The number of ether oxygens (including phenoxy) is 3. The standard InChI is InChI=1S/C22H21NO6/c1-13-20(22(26)29-4)16(11-14-7-5-6-8-17(14)24)21(25)23(13)15-9-10-18(27-2)19(12-15)28-3/h5-12,24H,1-4H3/b16-11-. The van der Waals surface area contributed by atoms with Crippen LogP contribution in [0.3, 0.4) is 0 Å². The maximum atomic E-state index is 13.3. The van der Waals surface area contributed by atoms with E-state index in [9.17, 15) is 14.7 Å². The van der Waals surface area contributed by atoms with Gasteiger partial charge in [0.15, 0.2) is 11.5 Å². The average molecular weight is 395 g/mol. The van der Waals surface area contributed by atoms with E-state index in [1.54, 1.807) is 43.3 Å². The van der Waals surface area contributed by atoms with E-state index in [1.807, 2.05) is 0 Å². The third-order valence-corrected chi connectivity index (χ3v) is 4.65. The molecular weight excluding hydrogens is 374 g/mol. The fourth-order valence-corrected chi connectivity index (χ4v) is 3.22. The van der Waals surface area contributed by atoms with Gasteiger partial charge in [-0.15, -0.1) is 0 Å². The predicted octanol–water partition coefficient (Wildman–Crippen LogP) is 3.29. The summed E-state index contributed by atoms with van der Waals surface area (Å²) in [5, 5.41) is 10.1. The first kappa shape index (κ1) is 20.0. The number of methoxy groups -OCH3 is 3. The molecule has 0 saturated heterocycles. The fourth-order valence-electron chi connectivity index (χ4n) is 3.22. The van der Waals surface area contributed by atoms with Gasteiger partial charge in [-0.2, -0.15) is 0 Å². The van der Waals surface area contributed by atoms with E-state index in [1.165, 1.54) is 38.4 Å².